The molecule has 5 nitrogen and oxygen atoms in total. The molecule has 3 aromatic rings. The van der Waals surface area contributed by atoms with E-state index in [1.807, 2.05) is 43.4 Å². The van der Waals surface area contributed by atoms with Gasteiger partial charge in [0.1, 0.15) is 0 Å². The predicted octanol–water partition coefficient (Wildman–Crippen LogP) is 4.52. The van der Waals surface area contributed by atoms with E-state index >= 15 is 0 Å². The lowest BCUT2D eigenvalue weighted by Crippen LogP contribution is -2.29. The lowest BCUT2D eigenvalue weighted by Gasteiger charge is -2.29. The third-order valence-corrected chi connectivity index (χ3v) is 5.10. The summed E-state index contributed by atoms with van der Waals surface area (Å²) in [6.45, 7) is 2.17. The highest BCUT2D eigenvalue weighted by molar-refractivity contribution is 6.12. The van der Waals surface area contributed by atoms with Gasteiger partial charge in [-0.3, -0.25) is 9.78 Å². The highest BCUT2D eigenvalue weighted by atomic mass is 16.1. The Morgan fingerprint density at radius 2 is 1.81 bits per heavy atom. The maximum absolute atomic E-state index is 12.8. The number of nitrogens with zero attached hydrogens (tertiary/aromatic N) is 2. The zero-order chi connectivity index (χ0) is 18.6. The Morgan fingerprint density at radius 1 is 1.04 bits per heavy atom. The molecule has 2 N–H and O–H groups in total. The summed E-state index contributed by atoms with van der Waals surface area (Å²) >= 11 is 0. The fraction of sp³-hybridized carbons (Fsp3) is 0.273. The van der Waals surface area contributed by atoms with Crippen LogP contribution in [-0.4, -0.2) is 31.0 Å². The molecule has 0 unspecified atom stereocenters. The van der Waals surface area contributed by atoms with Crippen molar-refractivity contribution in [3.8, 4) is 0 Å². The molecule has 2 aromatic carbocycles. The van der Waals surface area contributed by atoms with E-state index in [-0.39, 0.29) is 5.91 Å². The summed E-state index contributed by atoms with van der Waals surface area (Å²) in [6, 6.07) is 15.8. The summed E-state index contributed by atoms with van der Waals surface area (Å²) in [7, 11) is 1.85. The molecule has 0 atom stereocenters. The van der Waals surface area contributed by atoms with Crippen LogP contribution in [0.1, 0.15) is 29.6 Å². The first-order valence-corrected chi connectivity index (χ1v) is 9.48. The molecule has 2 heterocycles. The van der Waals surface area contributed by atoms with Gasteiger partial charge in [-0.2, -0.15) is 0 Å². The van der Waals surface area contributed by atoms with E-state index in [0.717, 1.165) is 35.4 Å². The van der Waals surface area contributed by atoms with E-state index in [4.69, 9.17) is 0 Å². The molecule has 0 spiro atoms. The van der Waals surface area contributed by atoms with Gasteiger partial charge in [-0.05, 0) is 49.6 Å². The van der Waals surface area contributed by atoms with E-state index in [2.05, 4.69) is 32.7 Å². The molecule has 0 bridgehead atoms. The van der Waals surface area contributed by atoms with E-state index in [0.29, 0.717) is 5.56 Å². The van der Waals surface area contributed by atoms with Gasteiger partial charge in [0.25, 0.3) is 5.91 Å². The van der Waals surface area contributed by atoms with Gasteiger partial charge in [0, 0.05) is 43.1 Å². The summed E-state index contributed by atoms with van der Waals surface area (Å²) in [5.74, 6) is -0.164. The van der Waals surface area contributed by atoms with Crippen molar-refractivity contribution in [2.24, 2.45) is 0 Å². The average Bonchev–Trinajstić information content (AvgIpc) is 2.73. The van der Waals surface area contributed by atoms with Crippen molar-refractivity contribution in [3.05, 3.63) is 60.3 Å². The molecule has 1 aromatic heterocycles. The summed E-state index contributed by atoms with van der Waals surface area (Å²) in [6.07, 6.45) is 5.41. The van der Waals surface area contributed by atoms with Crippen LogP contribution in [0.3, 0.4) is 0 Å². The first-order chi connectivity index (χ1) is 13.3. The van der Waals surface area contributed by atoms with Crippen LogP contribution in [0.25, 0.3) is 10.9 Å². The van der Waals surface area contributed by atoms with Gasteiger partial charge in [0.15, 0.2) is 0 Å². The fourth-order valence-electron chi connectivity index (χ4n) is 3.69. The number of carbonyl (C=O) groups is 1. The van der Waals surface area contributed by atoms with E-state index in [1.54, 1.807) is 6.20 Å². The van der Waals surface area contributed by atoms with Gasteiger partial charge in [0.2, 0.25) is 0 Å². The molecule has 0 aliphatic carbocycles. The molecule has 0 saturated carbocycles. The summed E-state index contributed by atoms with van der Waals surface area (Å²) in [5.41, 5.74) is 4.21. The second-order valence-electron chi connectivity index (χ2n) is 6.87. The van der Waals surface area contributed by atoms with E-state index in [1.165, 1.54) is 24.9 Å². The van der Waals surface area contributed by atoms with Gasteiger partial charge in [-0.25, -0.2) is 0 Å². The molecular formula is C22H24N4O. The molecule has 5 heteroatoms. The molecule has 1 saturated heterocycles. The average molecular weight is 360 g/mol. The topological polar surface area (TPSA) is 57.3 Å². The lowest BCUT2D eigenvalue weighted by atomic mass is 10.1. The highest BCUT2D eigenvalue weighted by Crippen LogP contribution is 2.31. The first kappa shape index (κ1) is 17.3. The number of carbonyl (C=O) groups excluding carboxylic acids is 1. The Balaban J connectivity index is 1.71. The zero-order valence-corrected chi connectivity index (χ0v) is 15.5. The maximum atomic E-state index is 12.8. The number of benzene rings is 2. The Bertz CT molecular complexity index is 949. The van der Waals surface area contributed by atoms with Crippen molar-refractivity contribution in [2.45, 2.75) is 19.3 Å². The highest BCUT2D eigenvalue weighted by Gasteiger charge is 2.17. The van der Waals surface area contributed by atoms with Crippen molar-refractivity contribution in [1.29, 1.82) is 0 Å². The molecule has 4 rings (SSSR count). The normalized spacial score (nSPS) is 14.2. The van der Waals surface area contributed by atoms with Gasteiger partial charge in [-0.1, -0.05) is 18.2 Å². The minimum Gasteiger partial charge on any atom is -0.387 e. The molecule has 138 valence electrons. The van der Waals surface area contributed by atoms with Crippen molar-refractivity contribution in [2.75, 3.05) is 35.7 Å². The molecule has 1 aliphatic rings. The summed E-state index contributed by atoms with van der Waals surface area (Å²) in [4.78, 5) is 19.8. The lowest BCUT2D eigenvalue weighted by molar-refractivity contribution is 0.102. The number of rotatable bonds is 4. The number of aromatic nitrogens is 1. The van der Waals surface area contributed by atoms with Crippen LogP contribution in [0.15, 0.2) is 54.7 Å². The standard InChI is InChI=1S/C22H24N4O/c1-23-21-18-14-17(26-12-6-3-7-13-26)10-11-20(18)24-15-19(21)22(27)25-16-8-4-2-5-9-16/h2,4-5,8-11,14-15H,3,6-7,12-13H2,1H3,(H,23,24)(H,25,27). The molecule has 1 amide bonds. The van der Waals surface area contributed by atoms with Crippen molar-refractivity contribution in [1.82, 2.24) is 4.98 Å². The Labute approximate surface area is 159 Å². The van der Waals surface area contributed by atoms with Gasteiger partial charge in [0.05, 0.1) is 16.8 Å². The smallest absolute Gasteiger partial charge is 0.259 e. The van der Waals surface area contributed by atoms with Crippen LogP contribution in [0.4, 0.5) is 17.1 Å². The largest absolute Gasteiger partial charge is 0.387 e. The minimum absolute atomic E-state index is 0.164. The number of pyridine rings is 1. The molecule has 0 radical (unpaired) electrons. The molecule has 1 fully saturated rings. The Morgan fingerprint density at radius 3 is 2.56 bits per heavy atom. The van der Waals surface area contributed by atoms with Gasteiger partial charge in [-0.15, -0.1) is 0 Å². The summed E-state index contributed by atoms with van der Waals surface area (Å²) in [5, 5.41) is 7.14. The number of amides is 1. The Kier molecular flexibility index (Phi) is 4.92. The number of nitrogens with one attached hydrogen (secondary N) is 2. The number of fused-ring (bicyclic) bond motifs is 1. The van der Waals surface area contributed by atoms with Crippen LogP contribution in [0, 0.1) is 0 Å². The minimum atomic E-state index is -0.164. The zero-order valence-electron chi connectivity index (χ0n) is 15.5. The molecule has 27 heavy (non-hydrogen) atoms. The van der Waals surface area contributed by atoms with Crippen LogP contribution in [-0.2, 0) is 0 Å². The number of piperidine rings is 1. The SMILES string of the molecule is CNc1c(C(=O)Nc2ccccc2)cnc2ccc(N3CCCCC3)cc12. The van der Waals surface area contributed by atoms with E-state index in [9.17, 15) is 4.79 Å². The second-order valence-corrected chi connectivity index (χ2v) is 6.87. The van der Waals surface area contributed by atoms with Crippen molar-refractivity contribution in [3.63, 3.8) is 0 Å². The number of hydrogen-bond donors (Lipinski definition) is 2. The number of para-hydroxylation sites is 1. The third kappa shape index (κ3) is 3.58. The van der Waals surface area contributed by atoms with Gasteiger partial charge < -0.3 is 15.5 Å². The Hall–Kier alpha value is -3.08. The predicted molar refractivity (Wildman–Crippen MR) is 112 cm³/mol. The van der Waals surface area contributed by atoms with Crippen LogP contribution in [0.2, 0.25) is 0 Å². The first-order valence-electron chi connectivity index (χ1n) is 9.48. The second kappa shape index (κ2) is 7.66. The molecular weight excluding hydrogens is 336 g/mol. The van der Waals surface area contributed by atoms with Crippen molar-refractivity contribution < 1.29 is 4.79 Å². The van der Waals surface area contributed by atoms with Gasteiger partial charge >= 0.3 is 0 Å². The van der Waals surface area contributed by atoms with E-state index < -0.39 is 0 Å². The summed E-state index contributed by atoms with van der Waals surface area (Å²) < 4.78 is 0. The van der Waals surface area contributed by atoms with Crippen molar-refractivity contribution >= 4 is 33.9 Å². The number of anilines is 3. The quantitative estimate of drug-likeness (QED) is 0.718. The van der Waals surface area contributed by atoms with Crippen LogP contribution < -0.4 is 15.5 Å². The van der Waals surface area contributed by atoms with Crippen LogP contribution in [0.5, 0.6) is 0 Å². The third-order valence-electron chi connectivity index (χ3n) is 5.10. The maximum Gasteiger partial charge on any atom is 0.259 e. The number of hydrogen-bond acceptors (Lipinski definition) is 4. The monoisotopic (exact) mass is 360 g/mol. The molecule has 1 aliphatic heterocycles. The van der Waals surface area contributed by atoms with Crippen LogP contribution >= 0.6 is 0 Å². The fourth-order valence-corrected chi connectivity index (χ4v) is 3.69.